The van der Waals surface area contributed by atoms with Crippen LogP contribution in [0.15, 0.2) is 60.7 Å². The van der Waals surface area contributed by atoms with E-state index in [0.717, 1.165) is 27.7 Å². The summed E-state index contributed by atoms with van der Waals surface area (Å²) in [5.41, 5.74) is 3.69. The minimum Gasteiger partial charge on any atom is -0.444 e. The Labute approximate surface area is 261 Å². The second kappa shape index (κ2) is 14.8. The van der Waals surface area contributed by atoms with Crippen LogP contribution in [0.3, 0.4) is 0 Å². The van der Waals surface area contributed by atoms with Crippen molar-refractivity contribution in [3.8, 4) is 5.75 Å². The first kappa shape index (κ1) is 33.2. The molecule has 0 atom stereocenters. The van der Waals surface area contributed by atoms with Crippen LogP contribution in [-0.4, -0.2) is 45.4 Å². The number of benzene rings is 3. The highest BCUT2D eigenvalue weighted by Gasteiger charge is 2.19. The summed E-state index contributed by atoms with van der Waals surface area (Å²) in [5, 5.41) is 16.0. The van der Waals surface area contributed by atoms with Crippen LogP contribution in [0.1, 0.15) is 58.2 Å². The number of fused-ring (bicyclic) bond motifs is 1. The van der Waals surface area contributed by atoms with Gasteiger partial charge in [-0.05, 0) is 94.6 Å². The summed E-state index contributed by atoms with van der Waals surface area (Å²) in [6, 6.07) is 18.0. The first-order valence-corrected chi connectivity index (χ1v) is 14.4. The van der Waals surface area contributed by atoms with Gasteiger partial charge in [0.1, 0.15) is 29.9 Å². The number of rotatable bonds is 12. The fourth-order valence-electron chi connectivity index (χ4n) is 3.93. The zero-order valence-electron chi connectivity index (χ0n) is 26.3. The second-order valence-electron chi connectivity index (χ2n) is 12.1. The van der Waals surface area contributed by atoms with Crippen LogP contribution in [0, 0.1) is 0 Å². The number of hydrogen-bond acceptors (Lipinski definition) is 10. The van der Waals surface area contributed by atoms with Crippen molar-refractivity contribution < 1.29 is 38.6 Å². The quantitative estimate of drug-likeness (QED) is 0.0868. The number of aromatic amines is 1. The molecule has 3 aromatic carbocycles. The van der Waals surface area contributed by atoms with E-state index in [2.05, 4.69) is 26.0 Å². The van der Waals surface area contributed by atoms with Crippen LogP contribution in [0.4, 0.5) is 21.0 Å². The average molecular weight is 622 g/mol. The summed E-state index contributed by atoms with van der Waals surface area (Å²) in [6.45, 7) is 11.3. The lowest BCUT2D eigenvalue weighted by Crippen LogP contribution is -2.28. The Balaban J connectivity index is 1.23. The molecule has 1 heterocycles. The molecule has 0 radical (unpaired) electrons. The molecule has 4 aromatic rings. The fourth-order valence-corrected chi connectivity index (χ4v) is 3.93. The summed E-state index contributed by atoms with van der Waals surface area (Å²) in [4.78, 5) is 46.3. The van der Waals surface area contributed by atoms with E-state index in [9.17, 15) is 9.59 Å². The lowest BCUT2D eigenvalue weighted by Gasteiger charge is -2.21. The molecule has 13 nitrogen and oxygen atoms in total. The van der Waals surface area contributed by atoms with Crippen molar-refractivity contribution in [2.45, 2.75) is 72.4 Å². The number of nitrogens with one attached hydrogen (secondary N) is 3. The number of aromatic nitrogens is 3. The van der Waals surface area contributed by atoms with Crippen LogP contribution in [-0.2, 0) is 43.8 Å². The van der Waals surface area contributed by atoms with Gasteiger partial charge in [0.25, 0.3) is 0 Å². The van der Waals surface area contributed by atoms with Gasteiger partial charge in [0.2, 0.25) is 0 Å². The Bertz CT molecular complexity index is 1580. The SMILES string of the molecule is CC(C)(C)OC(=O)Nc1ccc(CCOOCc2ccc(OOCc3ccc4[nH]nnc4c3)cc2)c(NC(=O)OC(C)(C)C)c1. The maximum absolute atomic E-state index is 12.5. The minimum absolute atomic E-state index is 0.205. The Morgan fingerprint density at radius 1 is 0.756 bits per heavy atom. The number of H-pyrrole nitrogens is 1. The van der Waals surface area contributed by atoms with Crippen LogP contribution in [0.5, 0.6) is 5.75 Å². The second-order valence-corrected chi connectivity index (χ2v) is 12.1. The van der Waals surface area contributed by atoms with Crippen molar-refractivity contribution in [1.29, 1.82) is 0 Å². The summed E-state index contributed by atoms with van der Waals surface area (Å²) in [7, 11) is 0. The van der Waals surface area contributed by atoms with Crippen LogP contribution in [0.25, 0.3) is 11.0 Å². The van der Waals surface area contributed by atoms with Gasteiger partial charge in [0.15, 0.2) is 5.75 Å². The molecule has 45 heavy (non-hydrogen) atoms. The Morgan fingerprint density at radius 3 is 2.13 bits per heavy atom. The van der Waals surface area contributed by atoms with Gasteiger partial charge in [0, 0.05) is 17.8 Å². The maximum Gasteiger partial charge on any atom is 0.412 e. The predicted octanol–water partition coefficient (Wildman–Crippen LogP) is 6.85. The number of carbonyl (C=O) groups is 2. The van der Waals surface area contributed by atoms with E-state index in [0.29, 0.717) is 23.5 Å². The average Bonchev–Trinajstić information content (AvgIpc) is 3.41. The van der Waals surface area contributed by atoms with E-state index in [1.54, 1.807) is 71.9 Å². The number of carbonyl (C=O) groups excluding carboxylic acids is 2. The molecular weight excluding hydrogens is 582 g/mol. The van der Waals surface area contributed by atoms with E-state index < -0.39 is 23.4 Å². The predicted molar refractivity (Wildman–Crippen MR) is 166 cm³/mol. The number of anilines is 2. The van der Waals surface area contributed by atoms with Crippen molar-refractivity contribution in [3.05, 3.63) is 77.4 Å². The lowest BCUT2D eigenvalue weighted by atomic mass is 10.1. The molecule has 0 unspecified atom stereocenters. The zero-order valence-corrected chi connectivity index (χ0v) is 26.3. The third-order valence-electron chi connectivity index (χ3n) is 5.85. The van der Waals surface area contributed by atoms with Gasteiger partial charge in [0.05, 0.1) is 12.1 Å². The molecule has 0 spiro atoms. The molecule has 0 saturated carbocycles. The molecule has 0 fully saturated rings. The Morgan fingerprint density at radius 2 is 1.42 bits per heavy atom. The first-order valence-electron chi connectivity index (χ1n) is 14.4. The Hall–Kier alpha value is -4.72. The highest BCUT2D eigenvalue weighted by atomic mass is 17.2. The fraction of sp³-hybridized carbons (Fsp3) is 0.375. The van der Waals surface area contributed by atoms with Gasteiger partial charge in [-0.15, -0.1) is 5.10 Å². The molecule has 0 aliphatic heterocycles. The van der Waals surface area contributed by atoms with E-state index in [4.69, 9.17) is 29.0 Å². The zero-order chi connectivity index (χ0) is 32.5. The van der Waals surface area contributed by atoms with Crippen molar-refractivity contribution in [1.82, 2.24) is 15.4 Å². The third-order valence-corrected chi connectivity index (χ3v) is 5.85. The minimum atomic E-state index is -0.681. The van der Waals surface area contributed by atoms with Crippen molar-refractivity contribution in [2.24, 2.45) is 0 Å². The summed E-state index contributed by atoms with van der Waals surface area (Å²) in [6.07, 6.45) is -0.823. The molecule has 0 aliphatic carbocycles. The molecule has 4 rings (SSSR count). The standard InChI is InChI=1S/C32H39N5O8/c1-31(2,3)43-29(38)33-24-11-10-23(27(18-24)34-30(39)44-32(4,5)6)15-16-40-41-19-21-7-12-25(13-8-21)45-42-20-22-9-14-26-28(17-22)36-37-35-26/h7-14,17-18H,15-16,19-20H2,1-6H3,(H,33,38)(H,34,39)(H,35,36,37). The lowest BCUT2D eigenvalue weighted by molar-refractivity contribution is -0.303. The van der Waals surface area contributed by atoms with Gasteiger partial charge >= 0.3 is 12.2 Å². The molecule has 0 aliphatic rings. The van der Waals surface area contributed by atoms with Crippen LogP contribution < -0.4 is 15.5 Å². The largest absolute Gasteiger partial charge is 0.444 e. The molecule has 0 saturated heterocycles. The van der Waals surface area contributed by atoms with E-state index in [1.807, 2.05) is 30.3 Å². The molecule has 1 aromatic heterocycles. The van der Waals surface area contributed by atoms with E-state index in [-0.39, 0.29) is 19.8 Å². The number of amides is 2. The number of nitrogens with zero attached hydrogens (tertiary/aromatic N) is 2. The van der Waals surface area contributed by atoms with Gasteiger partial charge in [-0.1, -0.05) is 29.5 Å². The van der Waals surface area contributed by atoms with Crippen LogP contribution in [0.2, 0.25) is 0 Å². The third kappa shape index (κ3) is 11.4. The van der Waals surface area contributed by atoms with Gasteiger partial charge in [-0.25, -0.2) is 19.4 Å². The van der Waals surface area contributed by atoms with Crippen molar-refractivity contribution >= 4 is 34.6 Å². The summed E-state index contributed by atoms with van der Waals surface area (Å²) < 4.78 is 10.7. The molecular formula is C32H39N5O8. The monoisotopic (exact) mass is 621 g/mol. The van der Waals surface area contributed by atoms with Crippen molar-refractivity contribution in [3.63, 3.8) is 0 Å². The molecule has 13 heteroatoms. The van der Waals surface area contributed by atoms with E-state index in [1.165, 1.54) is 0 Å². The molecule has 0 bridgehead atoms. The molecule has 3 N–H and O–H groups in total. The van der Waals surface area contributed by atoms with Gasteiger partial charge < -0.3 is 14.4 Å². The van der Waals surface area contributed by atoms with Crippen LogP contribution >= 0.6 is 0 Å². The highest BCUT2D eigenvalue weighted by molar-refractivity contribution is 5.90. The Kier molecular flexibility index (Phi) is 10.9. The van der Waals surface area contributed by atoms with Gasteiger partial charge in [-0.2, -0.15) is 4.89 Å². The van der Waals surface area contributed by atoms with Crippen molar-refractivity contribution in [2.75, 3.05) is 17.2 Å². The summed E-state index contributed by atoms with van der Waals surface area (Å²) in [5.74, 6) is 0.539. The maximum atomic E-state index is 12.5. The molecule has 240 valence electrons. The topological polar surface area (TPSA) is 155 Å². The highest BCUT2D eigenvalue weighted by Crippen LogP contribution is 2.24. The van der Waals surface area contributed by atoms with Gasteiger partial charge in [-0.3, -0.25) is 15.7 Å². The van der Waals surface area contributed by atoms with E-state index >= 15 is 0 Å². The number of hydrogen-bond donors (Lipinski definition) is 3. The molecule has 2 amide bonds. The smallest absolute Gasteiger partial charge is 0.412 e. The first-order chi connectivity index (χ1) is 21.3. The summed E-state index contributed by atoms with van der Waals surface area (Å²) >= 11 is 0. The number of ether oxygens (including phenoxy) is 2. The normalized spacial score (nSPS) is 11.7.